The predicted octanol–water partition coefficient (Wildman–Crippen LogP) is 4.74. The lowest BCUT2D eigenvalue weighted by Crippen LogP contribution is -2.06. The Morgan fingerprint density at radius 3 is 2.43 bits per heavy atom. The van der Waals surface area contributed by atoms with Crippen LogP contribution in [0.25, 0.3) is 10.9 Å². The number of aromatic nitrogens is 3. The Hall–Kier alpha value is -4.27. The zero-order chi connectivity index (χ0) is 21.1. The monoisotopic (exact) mass is 402 g/mol. The first-order valence-electron chi connectivity index (χ1n) is 9.08. The minimum absolute atomic E-state index is 0.0506. The van der Waals surface area contributed by atoms with E-state index < -0.39 is 4.92 Å². The number of nitrogens with one attached hydrogen (secondary N) is 2. The van der Waals surface area contributed by atoms with Gasteiger partial charge in [-0.05, 0) is 36.8 Å². The number of benzene rings is 2. The number of rotatable bonds is 6. The van der Waals surface area contributed by atoms with E-state index in [0.29, 0.717) is 22.6 Å². The molecule has 4 rings (SSSR count). The van der Waals surface area contributed by atoms with E-state index in [1.807, 2.05) is 43.3 Å². The maximum atomic E-state index is 11.9. The van der Waals surface area contributed by atoms with Crippen LogP contribution in [-0.4, -0.2) is 27.0 Å². The van der Waals surface area contributed by atoms with Crippen LogP contribution >= 0.6 is 0 Å². The van der Waals surface area contributed by atoms with Crippen molar-refractivity contribution in [2.45, 2.75) is 6.92 Å². The fourth-order valence-electron chi connectivity index (χ4n) is 3.11. The Morgan fingerprint density at radius 2 is 1.70 bits per heavy atom. The molecule has 0 aliphatic carbocycles. The molecular formula is C21H18N6O3. The number of anilines is 4. The number of para-hydroxylation sites is 1. The van der Waals surface area contributed by atoms with Gasteiger partial charge in [-0.15, -0.1) is 0 Å². The third-order valence-corrected chi connectivity index (χ3v) is 4.50. The second-order valence-electron chi connectivity index (χ2n) is 6.51. The number of nitro groups is 1. The van der Waals surface area contributed by atoms with Gasteiger partial charge in [0.05, 0.1) is 28.9 Å². The van der Waals surface area contributed by atoms with Gasteiger partial charge >= 0.3 is 5.69 Å². The maximum Gasteiger partial charge on any atom is 0.353 e. The van der Waals surface area contributed by atoms with Crippen molar-refractivity contribution < 1.29 is 9.66 Å². The van der Waals surface area contributed by atoms with Gasteiger partial charge in [0.2, 0.25) is 11.6 Å². The predicted molar refractivity (Wildman–Crippen MR) is 115 cm³/mol. The van der Waals surface area contributed by atoms with E-state index in [-0.39, 0.29) is 17.3 Å². The molecule has 0 aliphatic heterocycles. The molecule has 0 bridgehead atoms. The van der Waals surface area contributed by atoms with Crippen LogP contribution in [-0.2, 0) is 0 Å². The van der Waals surface area contributed by atoms with E-state index in [0.717, 1.165) is 10.9 Å². The number of aryl methyl sites for hydroxylation is 1. The Bertz CT molecular complexity index is 1240. The first-order chi connectivity index (χ1) is 14.6. The van der Waals surface area contributed by atoms with E-state index in [4.69, 9.17) is 4.74 Å². The van der Waals surface area contributed by atoms with Gasteiger partial charge in [0.15, 0.2) is 0 Å². The summed E-state index contributed by atoms with van der Waals surface area (Å²) in [6, 6.07) is 14.8. The van der Waals surface area contributed by atoms with E-state index in [1.54, 1.807) is 18.3 Å². The van der Waals surface area contributed by atoms with E-state index in [9.17, 15) is 10.1 Å². The molecule has 0 atom stereocenters. The van der Waals surface area contributed by atoms with Crippen LogP contribution in [0.1, 0.15) is 5.56 Å². The molecule has 0 saturated carbocycles. The molecule has 4 aromatic rings. The topological polar surface area (TPSA) is 115 Å². The third-order valence-electron chi connectivity index (χ3n) is 4.50. The second kappa shape index (κ2) is 8.00. The van der Waals surface area contributed by atoms with Crippen molar-refractivity contribution in [2.75, 3.05) is 17.7 Å². The Labute approximate surface area is 171 Å². The average molecular weight is 402 g/mol. The number of ether oxygens (including phenoxy) is 1. The van der Waals surface area contributed by atoms with Gasteiger partial charge in [-0.25, -0.2) is 9.97 Å². The van der Waals surface area contributed by atoms with Crippen molar-refractivity contribution in [1.82, 2.24) is 15.0 Å². The van der Waals surface area contributed by atoms with Crippen molar-refractivity contribution in [3.05, 3.63) is 76.7 Å². The number of hydrogen-bond acceptors (Lipinski definition) is 8. The van der Waals surface area contributed by atoms with Gasteiger partial charge in [0, 0.05) is 11.6 Å². The molecule has 2 heterocycles. The molecular weight excluding hydrogens is 384 g/mol. The normalized spacial score (nSPS) is 10.6. The molecule has 0 aliphatic rings. The standard InChI is InChI=1S/C21H18N6O3/c1-13-8-9-17(30-2)16(11-13)26-21-19(27(28)29)20(23-12-24-21)25-15-7-3-5-14-6-4-10-22-18(14)15/h3-12H,1-2H3,(H2,23,24,25,26). The second-order valence-corrected chi connectivity index (χ2v) is 6.51. The third kappa shape index (κ3) is 3.68. The van der Waals surface area contributed by atoms with Crippen LogP contribution in [0.5, 0.6) is 5.75 Å². The number of nitrogens with zero attached hydrogens (tertiary/aromatic N) is 4. The Balaban J connectivity index is 1.77. The molecule has 30 heavy (non-hydrogen) atoms. The fraction of sp³-hybridized carbons (Fsp3) is 0.0952. The van der Waals surface area contributed by atoms with Crippen molar-refractivity contribution in [3.8, 4) is 5.75 Å². The number of pyridine rings is 1. The van der Waals surface area contributed by atoms with Crippen LogP contribution in [0.3, 0.4) is 0 Å². The molecule has 0 saturated heterocycles. The SMILES string of the molecule is COc1ccc(C)cc1Nc1ncnc(Nc2cccc3cccnc23)c1[N+](=O)[O-]. The lowest BCUT2D eigenvalue weighted by atomic mass is 10.2. The highest BCUT2D eigenvalue weighted by Crippen LogP contribution is 2.36. The summed E-state index contributed by atoms with van der Waals surface area (Å²) in [7, 11) is 1.53. The summed E-state index contributed by atoms with van der Waals surface area (Å²) in [5, 5.41) is 18.9. The zero-order valence-electron chi connectivity index (χ0n) is 16.3. The van der Waals surface area contributed by atoms with Crippen LogP contribution < -0.4 is 15.4 Å². The van der Waals surface area contributed by atoms with Gasteiger partial charge < -0.3 is 15.4 Å². The zero-order valence-corrected chi connectivity index (χ0v) is 16.3. The highest BCUT2D eigenvalue weighted by Gasteiger charge is 2.24. The van der Waals surface area contributed by atoms with Crippen molar-refractivity contribution in [3.63, 3.8) is 0 Å². The molecule has 2 aromatic heterocycles. The summed E-state index contributed by atoms with van der Waals surface area (Å²) < 4.78 is 5.35. The molecule has 2 N–H and O–H groups in total. The van der Waals surface area contributed by atoms with Crippen molar-refractivity contribution in [1.29, 1.82) is 0 Å². The van der Waals surface area contributed by atoms with Crippen LogP contribution in [0.15, 0.2) is 61.1 Å². The van der Waals surface area contributed by atoms with Crippen molar-refractivity contribution >= 4 is 39.6 Å². The first-order valence-corrected chi connectivity index (χ1v) is 9.08. The smallest absolute Gasteiger partial charge is 0.353 e. The van der Waals surface area contributed by atoms with Gasteiger partial charge in [0.25, 0.3) is 0 Å². The van der Waals surface area contributed by atoms with Gasteiger partial charge in [-0.3, -0.25) is 15.1 Å². The summed E-state index contributed by atoms with van der Waals surface area (Å²) >= 11 is 0. The Kier molecular flexibility index (Phi) is 5.08. The molecule has 0 radical (unpaired) electrons. The molecule has 150 valence electrons. The summed E-state index contributed by atoms with van der Waals surface area (Å²) in [6.45, 7) is 1.92. The summed E-state index contributed by atoms with van der Waals surface area (Å²) in [5.41, 5.74) is 2.54. The van der Waals surface area contributed by atoms with Crippen LogP contribution in [0.2, 0.25) is 0 Å². The largest absolute Gasteiger partial charge is 0.495 e. The molecule has 0 unspecified atom stereocenters. The molecule has 0 amide bonds. The quantitative estimate of drug-likeness (QED) is 0.351. The van der Waals surface area contributed by atoms with E-state index in [2.05, 4.69) is 25.6 Å². The first kappa shape index (κ1) is 19.1. The van der Waals surface area contributed by atoms with E-state index in [1.165, 1.54) is 13.4 Å². The minimum Gasteiger partial charge on any atom is -0.495 e. The van der Waals surface area contributed by atoms with Crippen LogP contribution in [0, 0.1) is 17.0 Å². The van der Waals surface area contributed by atoms with Crippen LogP contribution in [0.4, 0.5) is 28.7 Å². The molecule has 2 aromatic carbocycles. The minimum atomic E-state index is -0.522. The van der Waals surface area contributed by atoms with Crippen molar-refractivity contribution in [2.24, 2.45) is 0 Å². The summed E-state index contributed by atoms with van der Waals surface area (Å²) in [6.07, 6.45) is 2.93. The molecule has 9 heteroatoms. The molecule has 9 nitrogen and oxygen atoms in total. The van der Waals surface area contributed by atoms with Gasteiger partial charge in [-0.2, -0.15) is 0 Å². The molecule has 0 fully saturated rings. The van der Waals surface area contributed by atoms with Gasteiger partial charge in [0.1, 0.15) is 12.1 Å². The highest BCUT2D eigenvalue weighted by atomic mass is 16.6. The maximum absolute atomic E-state index is 11.9. The lowest BCUT2D eigenvalue weighted by molar-refractivity contribution is -0.383. The molecule has 0 spiro atoms. The van der Waals surface area contributed by atoms with Gasteiger partial charge in [-0.1, -0.05) is 24.3 Å². The fourth-order valence-corrected chi connectivity index (χ4v) is 3.11. The summed E-state index contributed by atoms with van der Waals surface area (Å²) in [5.74, 6) is 0.651. The number of fused-ring (bicyclic) bond motifs is 1. The summed E-state index contributed by atoms with van der Waals surface area (Å²) in [4.78, 5) is 23.9. The van der Waals surface area contributed by atoms with E-state index >= 15 is 0 Å². The Morgan fingerprint density at radius 1 is 0.967 bits per heavy atom. The average Bonchev–Trinajstić information content (AvgIpc) is 2.74. The number of methoxy groups -OCH3 is 1. The number of hydrogen-bond donors (Lipinski definition) is 2. The highest BCUT2D eigenvalue weighted by molar-refractivity contribution is 5.93. The lowest BCUT2D eigenvalue weighted by Gasteiger charge is -2.13.